The number of amidine groups is 1. The molecule has 0 heterocycles. The fourth-order valence-electron chi connectivity index (χ4n) is 0.754. The van der Waals surface area contributed by atoms with Crippen molar-refractivity contribution in [2.24, 2.45) is 10.1 Å². The molecule has 0 saturated heterocycles. The van der Waals surface area contributed by atoms with E-state index in [1.54, 1.807) is 24.3 Å². The summed E-state index contributed by atoms with van der Waals surface area (Å²) in [5, 5.41) is 5.88. The van der Waals surface area contributed by atoms with Gasteiger partial charge in [0.15, 0.2) is 0 Å². The normalized spacial score (nSPS) is 12.1. The molecule has 0 aromatic carbocycles. The van der Waals surface area contributed by atoms with Crippen LogP contribution >= 0.6 is 0 Å². The van der Waals surface area contributed by atoms with Crippen LogP contribution in [0.15, 0.2) is 22.7 Å². The SMILES string of the molecule is C=C/C(=N/C)N(CC)/N=C\C. The fourth-order valence-corrected chi connectivity index (χ4v) is 0.754. The first kappa shape index (κ1) is 9.88. The van der Waals surface area contributed by atoms with Crippen LogP contribution in [-0.2, 0) is 0 Å². The van der Waals surface area contributed by atoms with Gasteiger partial charge in [-0.25, -0.2) is 5.01 Å². The van der Waals surface area contributed by atoms with Gasteiger partial charge in [-0.05, 0) is 19.9 Å². The summed E-state index contributed by atoms with van der Waals surface area (Å²) < 4.78 is 0. The first-order valence-corrected chi connectivity index (χ1v) is 3.65. The predicted molar refractivity (Wildman–Crippen MR) is 50.1 cm³/mol. The summed E-state index contributed by atoms with van der Waals surface area (Å²) in [6, 6.07) is 0. The van der Waals surface area contributed by atoms with E-state index < -0.39 is 0 Å². The zero-order valence-corrected chi connectivity index (χ0v) is 7.41. The van der Waals surface area contributed by atoms with Crippen molar-refractivity contribution in [2.75, 3.05) is 13.6 Å². The number of rotatable bonds is 3. The van der Waals surface area contributed by atoms with Gasteiger partial charge in [0.1, 0.15) is 5.84 Å². The van der Waals surface area contributed by atoms with Gasteiger partial charge in [-0.1, -0.05) is 6.58 Å². The van der Waals surface area contributed by atoms with Crippen molar-refractivity contribution in [3.8, 4) is 0 Å². The van der Waals surface area contributed by atoms with Crippen LogP contribution in [-0.4, -0.2) is 30.7 Å². The van der Waals surface area contributed by atoms with Gasteiger partial charge in [-0.3, -0.25) is 4.99 Å². The Morgan fingerprint density at radius 1 is 1.64 bits per heavy atom. The van der Waals surface area contributed by atoms with Gasteiger partial charge in [0.2, 0.25) is 0 Å². The lowest BCUT2D eigenvalue weighted by molar-refractivity contribution is 0.474. The van der Waals surface area contributed by atoms with Crippen molar-refractivity contribution >= 4 is 12.1 Å². The van der Waals surface area contributed by atoms with Gasteiger partial charge in [-0.2, -0.15) is 5.10 Å². The fraction of sp³-hybridized carbons (Fsp3) is 0.500. The van der Waals surface area contributed by atoms with E-state index in [4.69, 9.17) is 0 Å². The lowest BCUT2D eigenvalue weighted by atomic mass is 10.5. The summed E-state index contributed by atoms with van der Waals surface area (Å²) in [6.45, 7) is 8.33. The van der Waals surface area contributed by atoms with E-state index in [9.17, 15) is 0 Å². The van der Waals surface area contributed by atoms with Crippen molar-refractivity contribution in [1.82, 2.24) is 5.01 Å². The largest absolute Gasteiger partial charge is 0.270 e. The number of hydrazone groups is 1. The molecule has 0 N–H and O–H groups in total. The Morgan fingerprint density at radius 3 is 2.55 bits per heavy atom. The van der Waals surface area contributed by atoms with Crippen LogP contribution in [0.1, 0.15) is 13.8 Å². The summed E-state index contributed by atoms with van der Waals surface area (Å²) in [5.74, 6) is 0.797. The van der Waals surface area contributed by atoms with Crippen molar-refractivity contribution in [3.63, 3.8) is 0 Å². The van der Waals surface area contributed by atoms with Gasteiger partial charge in [0, 0.05) is 19.8 Å². The zero-order valence-electron chi connectivity index (χ0n) is 7.41. The second-order valence-corrected chi connectivity index (χ2v) is 1.88. The molecule has 0 spiro atoms. The first-order chi connectivity index (χ1) is 5.29. The maximum Gasteiger partial charge on any atom is 0.143 e. The van der Waals surface area contributed by atoms with Crippen LogP contribution in [0.25, 0.3) is 0 Å². The Balaban J connectivity index is 4.34. The van der Waals surface area contributed by atoms with E-state index in [-0.39, 0.29) is 0 Å². The molecule has 0 aliphatic carbocycles. The van der Waals surface area contributed by atoms with Crippen LogP contribution in [0.4, 0.5) is 0 Å². The van der Waals surface area contributed by atoms with Crippen LogP contribution < -0.4 is 0 Å². The van der Waals surface area contributed by atoms with Crippen molar-refractivity contribution in [2.45, 2.75) is 13.8 Å². The Morgan fingerprint density at radius 2 is 2.27 bits per heavy atom. The molecular formula is C8H15N3. The third kappa shape index (κ3) is 2.98. The van der Waals surface area contributed by atoms with E-state index >= 15 is 0 Å². The topological polar surface area (TPSA) is 28.0 Å². The van der Waals surface area contributed by atoms with Crippen LogP contribution in [0, 0.1) is 0 Å². The smallest absolute Gasteiger partial charge is 0.143 e. The minimum absolute atomic E-state index is 0.797. The van der Waals surface area contributed by atoms with Gasteiger partial charge in [0.25, 0.3) is 0 Å². The molecule has 0 aromatic rings. The molecule has 0 aliphatic rings. The molecule has 0 aromatic heterocycles. The number of aliphatic imine (C=N–C) groups is 1. The van der Waals surface area contributed by atoms with Crippen LogP contribution in [0.5, 0.6) is 0 Å². The number of likely N-dealkylation sites (N-methyl/N-ethyl adjacent to an activating group) is 1. The number of nitrogens with zero attached hydrogens (tertiary/aromatic N) is 3. The predicted octanol–water partition coefficient (Wildman–Crippen LogP) is 1.53. The van der Waals surface area contributed by atoms with Crippen LogP contribution in [0.2, 0.25) is 0 Å². The van der Waals surface area contributed by atoms with Gasteiger partial charge >= 0.3 is 0 Å². The third-order valence-corrected chi connectivity index (χ3v) is 1.23. The average molecular weight is 153 g/mol. The Hall–Kier alpha value is -1.12. The summed E-state index contributed by atoms with van der Waals surface area (Å²) >= 11 is 0. The highest BCUT2D eigenvalue weighted by Gasteiger charge is 1.99. The molecule has 3 nitrogen and oxygen atoms in total. The Labute approximate surface area is 68.1 Å². The van der Waals surface area contributed by atoms with Gasteiger partial charge in [-0.15, -0.1) is 0 Å². The quantitative estimate of drug-likeness (QED) is 0.343. The lowest BCUT2D eigenvalue weighted by Gasteiger charge is -2.15. The zero-order chi connectivity index (χ0) is 8.69. The summed E-state index contributed by atoms with van der Waals surface area (Å²) in [6.07, 6.45) is 3.43. The average Bonchev–Trinajstić information content (AvgIpc) is 2.05. The standard InChI is InChI=1S/C8H15N3/c1-5-8(9-4)11(7-3)10-6-2/h5-6H,1,7H2,2-4H3/b9-8-,10-6-. The highest BCUT2D eigenvalue weighted by Crippen LogP contribution is 1.92. The Kier molecular flexibility index (Phi) is 5.07. The van der Waals surface area contributed by atoms with Crippen molar-refractivity contribution in [3.05, 3.63) is 12.7 Å². The lowest BCUT2D eigenvalue weighted by Crippen LogP contribution is -2.23. The molecule has 0 rings (SSSR count). The molecule has 0 amide bonds. The molecule has 0 saturated carbocycles. The summed E-state index contributed by atoms with van der Waals surface area (Å²) in [4.78, 5) is 4.01. The monoisotopic (exact) mass is 153 g/mol. The summed E-state index contributed by atoms with van der Waals surface area (Å²) in [7, 11) is 1.73. The minimum atomic E-state index is 0.797. The van der Waals surface area contributed by atoms with Gasteiger partial charge < -0.3 is 0 Å². The Bertz CT molecular complexity index is 170. The number of hydrogen-bond acceptors (Lipinski definition) is 2. The van der Waals surface area contributed by atoms with E-state index in [2.05, 4.69) is 16.7 Å². The molecule has 0 fully saturated rings. The molecule has 0 unspecified atom stereocenters. The van der Waals surface area contributed by atoms with Crippen molar-refractivity contribution in [1.29, 1.82) is 0 Å². The molecule has 11 heavy (non-hydrogen) atoms. The molecule has 0 atom stereocenters. The molecule has 0 aliphatic heterocycles. The summed E-state index contributed by atoms with van der Waals surface area (Å²) in [5.41, 5.74) is 0. The van der Waals surface area contributed by atoms with Crippen LogP contribution in [0.3, 0.4) is 0 Å². The first-order valence-electron chi connectivity index (χ1n) is 3.65. The minimum Gasteiger partial charge on any atom is -0.270 e. The van der Waals surface area contributed by atoms with E-state index in [0.717, 1.165) is 12.4 Å². The molecule has 0 bridgehead atoms. The number of hydrogen-bond donors (Lipinski definition) is 0. The second-order valence-electron chi connectivity index (χ2n) is 1.88. The second kappa shape index (κ2) is 5.65. The van der Waals surface area contributed by atoms with Gasteiger partial charge in [0.05, 0.1) is 0 Å². The maximum atomic E-state index is 4.09. The highest BCUT2D eigenvalue weighted by atomic mass is 15.5. The van der Waals surface area contributed by atoms with E-state index in [1.807, 2.05) is 13.8 Å². The highest BCUT2D eigenvalue weighted by molar-refractivity contribution is 5.92. The molecule has 0 radical (unpaired) electrons. The molecule has 62 valence electrons. The molecular weight excluding hydrogens is 138 g/mol. The maximum absolute atomic E-state index is 4.09. The van der Waals surface area contributed by atoms with Crippen molar-refractivity contribution < 1.29 is 0 Å². The van der Waals surface area contributed by atoms with E-state index in [0.29, 0.717) is 0 Å². The molecule has 3 heteroatoms. The third-order valence-electron chi connectivity index (χ3n) is 1.23. The van der Waals surface area contributed by atoms with E-state index in [1.165, 1.54) is 0 Å².